The maximum absolute atomic E-state index is 12.3. The zero-order valence-corrected chi connectivity index (χ0v) is 11.9. The Balaban J connectivity index is 2.23. The summed E-state index contributed by atoms with van der Waals surface area (Å²) in [7, 11) is 1.87. The molecule has 100 valence electrons. The lowest BCUT2D eigenvalue weighted by Gasteiger charge is -2.05. The van der Waals surface area contributed by atoms with Crippen molar-refractivity contribution < 1.29 is 4.79 Å². The van der Waals surface area contributed by atoms with Crippen molar-refractivity contribution >= 4 is 5.78 Å². The predicted octanol–water partition coefficient (Wildman–Crippen LogP) is 2.42. The molecule has 2 aromatic heterocycles. The SMILES string of the molecule is CCc1cc(CC(=O)c2ncc(C)cc2C)n(C)n1. The summed E-state index contributed by atoms with van der Waals surface area (Å²) in [5.74, 6) is 0.0446. The van der Waals surface area contributed by atoms with Crippen LogP contribution in [0, 0.1) is 13.8 Å². The fourth-order valence-electron chi connectivity index (χ4n) is 2.17. The van der Waals surface area contributed by atoms with Crippen LogP contribution in [0.4, 0.5) is 0 Å². The second kappa shape index (κ2) is 5.34. The summed E-state index contributed by atoms with van der Waals surface area (Å²) < 4.78 is 1.78. The molecule has 0 fully saturated rings. The highest BCUT2D eigenvalue weighted by molar-refractivity contribution is 5.96. The smallest absolute Gasteiger partial charge is 0.187 e. The molecule has 0 radical (unpaired) electrons. The summed E-state index contributed by atoms with van der Waals surface area (Å²) in [5.41, 5.74) is 4.51. The normalized spacial score (nSPS) is 10.7. The Morgan fingerprint density at radius 2 is 2.05 bits per heavy atom. The van der Waals surface area contributed by atoms with Gasteiger partial charge in [-0.3, -0.25) is 14.5 Å². The lowest BCUT2D eigenvalue weighted by atomic mass is 10.1. The van der Waals surface area contributed by atoms with Crippen LogP contribution in [0.25, 0.3) is 0 Å². The average Bonchev–Trinajstić information content (AvgIpc) is 2.70. The van der Waals surface area contributed by atoms with Gasteiger partial charge < -0.3 is 0 Å². The summed E-state index contributed by atoms with van der Waals surface area (Å²) >= 11 is 0. The molecule has 19 heavy (non-hydrogen) atoms. The quantitative estimate of drug-likeness (QED) is 0.790. The van der Waals surface area contributed by atoms with Gasteiger partial charge in [-0.1, -0.05) is 13.0 Å². The van der Waals surface area contributed by atoms with Gasteiger partial charge >= 0.3 is 0 Å². The number of hydrogen-bond donors (Lipinski definition) is 0. The minimum Gasteiger partial charge on any atom is -0.292 e. The van der Waals surface area contributed by atoms with Crippen LogP contribution < -0.4 is 0 Å². The van der Waals surface area contributed by atoms with Gasteiger partial charge in [0.25, 0.3) is 0 Å². The van der Waals surface area contributed by atoms with Gasteiger partial charge in [0.05, 0.1) is 12.1 Å². The van der Waals surface area contributed by atoms with Gasteiger partial charge in [0.1, 0.15) is 5.69 Å². The van der Waals surface area contributed by atoms with E-state index in [2.05, 4.69) is 17.0 Å². The highest BCUT2D eigenvalue weighted by atomic mass is 16.1. The molecule has 4 nitrogen and oxygen atoms in total. The molecule has 2 heterocycles. The van der Waals surface area contributed by atoms with Crippen LogP contribution in [0.1, 0.15) is 39.9 Å². The molecule has 0 aliphatic carbocycles. The van der Waals surface area contributed by atoms with Crippen molar-refractivity contribution in [1.82, 2.24) is 14.8 Å². The molecule has 2 aromatic rings. The second-order valence-electron chi connectivity index (χ2n) is 4.88. The number of Topliss-reactive ketones (excluding diaryl/α,β-unsaturated/α-hetero) is 1. The molecule has 0 aliphatic rings. The molecule has 0 spiro atoms. The zero-order chi connectivity index (χ0) is 14.0. The first-order chi connectivity index (χ1) is 9.01. The van der Waals surface area contributed by atoms with E-state index in [1.807, 2.05) is 33.0 Å². The van der Waals surface area contributed by atoms with Crippen molar-refractivity contribution in [1.29, 1.82) is 0 Å². The third-order valence-electron chi connectivity index (χ3n) is 3.21. The molecule has 0 unspecified atom stereocenters. The third kappa shape index (κ3) is 2.89. The first kappa shape index (κ1) is 13.5. The fourth-order valence-corrected chi connectivity index (χ4v) is 2.17. The molecular formula is C15H19N3O. The van der Waals surface area contributed by atoms with Crippen molar-refractivity contribution in [3.05, 3.63) is 46.5 Å². The molecule has 2 rings (SSSR count). The molecular weight excluding hydrogens is 238 g/mol. The van der Waals surface area contributed by atoms with E-state index >= 15 is 0 Å². The van der Waals surface area contributed by atoms with E-state index in [1.165, 1.54) is 0 Å². The zero-order valence-electron chi connectivity index (χ0n) is 11.9. The second-order valence-corrected chi connectivity index (χ2v) is 4.88. The van der Waals surface area contributed by atoms with E-state index in [-0.39, 0.29) is 5.78 Å². The standard InChI is InChI=1S/C15H19N3O/c1-5-12-7-13(18(4)17-12)8-14(19)15-11(3)6-10(2)9-16-15/h6-7,9H,5,8H2,1-4H3. The lowest BCUT2D eigenvalue weighted by Crippen LogP contribution is -2.11. The van der Waals surface area contributed by atoms with E-state index in [0.717, 1.165) is 28.9 Å². The van der Waals surface area contributed by atoms with Gasteiger partial charge in [-0.15, -0.1) is 0 Å². The Kier molecular flexibility index (Phi) is 3.79. The van der Waals surface area contributed by atoms with Crippen molar-refractivity contribution in [3.8, 4) is 0 Å². The molecule has 0 saturated carbocycles. The Bertz CT molecular complexity index is 614. The number of hydrogen-bond acceptors (Lipinski definition) is 3. The molecule has 4 heteroatoms. The van der Waals surface area contributed by atoms with Crippen LogP contribution in [0.2, 0.25) is 0 Å². The number of aryl methyl sites for hydroxylation is 4. The number of pyridine rings is 1. The topological polar surface area (TPSA) is 47.8 Å². The minimum atomic E-state index is 0.0446. The fraction of sp³-hybridized carbons (Fsp3) is 0.400. The third-order valence-corrected chi connectivity index (χ3v) is 3.21. The Labute approximate surface area is 113 Å². The Morgan fingerprint density at radius 1 is 1.32 bits per heavy atom. The van der Waals surface area contributed by atoms with Gasteiger partial charge in [-0.25, -0.2) is 0 Å². The number of nitrogens with zero attached hydrogens (tertiary/aromatic N) is 3. The molecule has 0 bridgehead atoms. The number of rotatable bonds is 4. The van der Waals surface area contributed by atoms with E-state index in [4.69, 9.17) is 0 Å². The van der Waals surface area contributed by atoms with Crippen molar-refractivity contribution in [2.24, 2.45) is 7.05 Å². The Hall–Kier alpha value is -1.97. The van der Waals surface area contributed by atoms with E-state index < -0.39 is 0 Å². The summed E-state index contributed by atoms with van der Waals surface area (Å²) in [6, 6.07) is 3.97. The largest absolute Gasteiger partial charge is 0.292 e. The lowest BCUT2D eigenvalue weighted by molar-refractivity contribution is 0.0985. The van der Waals surface area contributed by atoms with Gasteiger partial charge in [0, 0.05) is 18.9 Å². The maximum atomic E-state index is 12.3. The van der Waals surface area contributed by atoms with Gasteiger partial charge in [0.15, 0.2) is 5.78 Å². The monoisotopic (exact) mass is 257 g/mol. The molecule has 0 N–H and O–H groups in total. The van der Waals surface area contributed by atoms with E-state index in [1.54, 1.807) is 10.9 Å². The van der Waals surface area contributed by atoms with Crippen molar-refractivity contribution in [3.63, 3.8) is 0 Å². The minimum absolute atomic E-state index is 0.0446. The highest BCUT2D eigenvalue weighted by Gasteiger charge is 2.14. The summed E-state index contributed by atoms with van der Waals surface area (Å²) in [6.45, 7) is 5.95. The van der Waals surface area contributed by atoms with Gasteiger partial charge in [-0.05, 0) is 37.5 Å². The molecule has 0 atom stereocenters. The van der Waals surface area contributed by atoms with Crippen molar-refractivity contribution in [2.75, 3.05) is 0 Å². The highest BCUT2D eigenvalue weighted by Crippen LogP contribution is 2.12. The number of carbonyl (C=O) groups excluding carboxylic acids is 1. The molecule has 0 amide bonds. The first-order valence-corrected chi connectivity index (χ1v) is 6.49. The van der Waals surface area contributed by atoms with Gasteiger partial charge in [0.2, 0.25) is 0 Å². The predicted molar refractivity (Wildman–Crippen MR) is 74.3 cm³/mol. The van der Waals surface area contributed by atoms with E-state index in [0.29, 0.717) is 12.1 Å². The van der Waals surface area contributed by atoms with E-state index in [9.17, 15) is 4.79 Å². The maximum Gasteiger partial charge on any atom is 0.187 e. The van der Waals surface area contributed by atoms with Crippen LogP contribution in [0.15, 0.2) is 18.3 Å². The van der Waals surface area contributed by atoms with Crippen LogP contribution in [-0.2, 0) is 19.9 Å². The number of carbonyl (C=O) groups is 1. The summed E-state index contributed by atoms with van der Waals surface area (Å²) in [4.78, 5) is 16.5. The van der Waals surface area contributed by atoms with Crippen LogP contribution >= 0.6 is 0 Å². The Morgan fingerprint density at radius 3 is 2.63 bits per heavy atom. The van der Waals surface area contributed by atoms with Crippen LogP contribution in [0.5, 0.6) is 0 Å². The van der Waals surface area contributed by atoms with Crippen LogP contribution in [0.3, 0.4) is 0 Å². The molecule has 0 aliphatic heterocycles. The van der Waals surface area contributed by atoms with Gasteiger partial charge in [-0.2, -0.15) is 5.10 Å². The number of aromatic nitrogens is 3. The summed E-state index contributed by atoms with van der Waals surface area (Å²) in [6.07, 6.45) is 2.96. The van der Waals surface area contributed by atoms with Crippen molar-refractivity contribution in [2.45, 2.75) is 33.6 Å². The molecule has 0 saturated heterocycles. The first-order valence-electron chi connectivity index (χ1n) is 6.49. The molecule has 0 aromatic carbocycles. The number of ketones is 1. The summed E-state index contributed by atoms with van der Waals surface area (Å²) in [5, 5.41) is 4.36. The van der Waals surface area contributed by atoms with Crippen LogP contribution in [-0.4, -0.2) is 20.5 Å². The average molecular weight is 257 g/mol.